The molecule has 0 spiro atoms. The van der Waals surface area contributed by atoms with E-state index in [0.29, 0.717) is 5.41 Å². The van der Waals surface area contributed by atoms with Crippen LogP contribution in [-0.4, -0.2) is 37.6 Å². The zero-order valence-corrected chi connectivity index (χ0v) is 9.40. The molecular weight excluding hydrogens is 160 g/mol. The van der Waals surface area contributed by atoms with Gasteiger partial charge in [-0.2, -0.15) is 0 Å². The van der Waals surface area contributed by atoms with Crippen molar-refractivity contribution >= 4 is 0 Å². The lowest BCUT2D eigenvalue weighted by atomic mass is 9.80. The molecule has 1 fully saturated rings. The average Bonchev–Trinajstić information content (AvgIpc) is 2.15. The van der Waals surface area contributed by atoms with Gasteiger partial charge in [0.2, 0.25) is 0 Å². The highest BCUT2D eigenvalue weighted by molar-refractivity contribution is 4.83. The lowest BCUT2D eigenvalue weighted by Crippen LogP contribution is -2.42. The third-order valence-corrected chi connectivity index (χ3v) is 3.31. The molecule has 0 bridgehead atoms. The molecule has 0 atom stereocenters. The van der Waals surface area contributed by atoms with Gasteiger partial charge in [-0.05, 0) is 44.4 Å². The van der Waals surface area contributed by atoms with Crippen molar-refractivity contribution in [2.45, 2.75) is 33.6 Å². The first kappa shape index (κ1) is 11.0. The van der Waals surface area contributed by atoms with Crippen LogP contribution in [0.4, 0.5) is 0 Å². The summed E-state index contributed by atoms with van der Waals surface area (Å²) in [6.07, 6.45) is 2.67. The molecular formula is C11H24N2. The minimum Gasteiger partial charge on any atom is -0.317 e. The fourth-order valence-electron chi connectivity index (χ4n) is 2.18. The highest BCUT2D eigenvalue weighted by Crippen LogP contribution is 2.28. The molecule has 1 rings (SSSR count). The molecule has 1 heterocycles. The van der Waals surface area contributed by atoms with E-state index in [-0.39, 0.29) is 0 Å². The Bertz CT molecular complexity index is 135. The van der Waals surface area contributed by atoms with Crippen LogP contribution in [0.3, 0.4) is 0 Å². The van der Waals surface area contributed by atoms with Gasteiger partial charge in [0, 0.05) is 6.54 Å². The second-order valence-electron chi connectivity index (χ2n) is 4.52. The summed E-state index contributed by atoms with van der Waals surface area (Å²) in [6, 6.07) is 0. The first-order valence-corrected chi connectivity index (χ1v) is 5.63. The third kappa shape index (κ3) is 3.28. The molecule has 0 amide bonds. The van der Waals surface area contributed by atoms with Crippen LogP contribution in [0.2, 0.25) is 0 Å². The summed E-state index contributed by atoms with van der Waals surface area (Å²) in [5, 5.41) is 3.43. The van der Waals surface area contributed by atoms with Crippen LogP contribution in [0, 0.1) is 5.41 Å². The van der Waals surface area contributed by atoms with Gasteiger partial charge in [-0.25, -0.2) is 0 Å². The van der Waals surface area contributed by atoms with Crippen LogP contribution in [0.5, 0.6) is 0 Å². The SMILES string of the molecule is CCN(CC)CC1(C)CCNCC1. The van der Waals surface area contributed by atoms with Crippen LogP contribution in [-0.2, 0) is 0 Å². The molecule has 1 aliphatic rings. The van der Waals surface area contributed by atoms with E-state index in [9.17, 15) is 0 Å². The van der Waals surface area contributed by atoms with E-state index in [1.807, 2.05) is 0 Å². The quantitative estimate of drug-likeness (QED) is 0.715. The Labute approximate surface area is 82.7 Å². The standard InChI is InChI=1S/C11H24N2/c1-4-13(5-2)10-11(3)6-8-12-9-7-11/h12H,4-10H2,1-3H3. The molecule has 0 aliphatic carbocycles. The predicted molar refractivity (Wildman–Crippen MR) is 58.0 cm³/mol. The van der Waals surface area contributed by atoms with Gasteiger partial charge in [0.05, 0.1) is 0 Å². The Hall–Kier alpha value is -0.0800. The van der Waals surface area contributed by atoms with E-state index in [4.69, 9.17) is 0 Å². The molecule has 0 unspecified atom stereocenters. The van der Waals surface area contributed by atoms with E-state index in [1.165, 1.54) is 45.6 Å². The largest absolute Gasteiger partial charge is 0.317 e. The van der Waals surface area contributed by atoms with Crippen molar-refractivity contribution in [3.63, 3.8) is 0 Å². The van der Waals surface area contributed by atoms with Gasteiger partial charge in [0.1, 0.15) is 0 Å². The van der Waals surface area contributed by atoms with Crippen molar-refractivity contribution in [3.8, 4) is 0 Å². The fraction of sp³-hybridized carbons (Fsp3) is 1.00. The molecule has 0 saturated carbocycles. The Kier molecular flexibility index (Phi) is 4.20. The Balaban J connectivity index is 2.39. The Morgan fingerprint density at radius 3 is 2.15 bits per heavy atom. The minimum atomic E-state index is 0.567. The van der Waals surface area contributed by atoms with E-state index in [1.54, 1.807) is 0 Å². The van der Waals surface area contributed by atoms with E-state index < -0.39 is 0 Å². The normalized spacial score (nSPS) is 22.2. The summed E-state index contributed by atoms with van der Waals surface area (Å²) in [5.74, 6) is 0. The zero-order chi connectivity index (χ0) is 9.73. The van der Waals surface area contributed by atoms with E-state index >= 15 is 0 Å². The lowest BCUT2D eigenvalue weighted by molar-refractivity contribution is 0.136. The van der Waals surface area contributed by atoms with E-state index in [2.05, 4.69) is 31.0 Å². The number of nitrogens with one attached hydrogen (secondary N) is 1. The average molecular weight is 184 g/mol. The van der Waals surface area contributed by atoms with Crippen molar-refractivity contribution < 1.29 is 0 Å². The Morgan fingerprint density at radius 1 is 1.15 bits per heavy atom. The lowest BCUT2D eigenvalue weighted by Gasteiger charge is -2.38. The summed E-state index contributed by atoms with van der Waals surface area (Å²) < 4.78 is 0. The number of piperidine rings is 1. The maximum absolute atomic E-state index is 3.43. The summed E-state index contributed by atoms with van der Waals surface area (Å²) >= 11 is 0. The number of nitrogens with zero attached hydrogens (tertiary/aromatic N) is 1. The number of hydrogen-bond acceptors (Lipinski definition) is 2. The van der Waals surface area contributed by atoms with Crippen LogP contribution < -0.4 is 5.32 Å². The minimum absolute atomic E-state index is 0.567. The van der Waals surface area contributed by atoms with Gasteiger partial charge in [-0.1, -0.05) is 20.8 Å². The monoisotopic (exact) mass is 184 g/mol. The second kappa shape index (κ2) is 4.97. The number of hydrogen-bond donors (Lipinski definition) is 1. The molecule has 0 radical (unpaired) electrons. The van der Waals surface area contributed by atoms with Crippen molar-refractivity contribution in [3.05, 3.63) is 0 Å². The number of rotatable bonds is 4. The third-order valence-electron chi connectivity index (χ3n) is 3.31. The molecule has 2 heteroatoms. The molecule has 78 valence electrons. The summed E-state index contributed by atoms with van der Waals surface area (Å²) in [4.78, 5) is 2.55. The highest BCUT2D eigenvalue weighted by atomic mass is 15.1. The highest BCUT2D eigenvalue weighted by Gasteiger charge is 2.27. The van der Waals surface area contributed by atoms with Crippen molar-refractivity contribution in [2.24, 2.45) is 5.41 Å². The molecule has 1 saturated heterocycles. The van der Waals surface area contributed by atoms with Gasteiger partial charge in [0.15, 0.2) is 0 Å². The van der Waals surface area contributed by atoms with E-state index in [0.717, 1.165) is 0 Å². The fourth-order valence-corrected chi connectivity index (χ4v) is 2.18. The van der Waals surface area contributed by atoms with Crippen molar-refractivity contribution in [1.82, 2.24) is 10.2 Å². The molecule has 0 aromatic heterocycles. The summed E-state index contributed by atoms with van der Waals surface area (Å²) in [5.41, 5.74) is 0.567. The van der Waals surface area contributed by atoms with Crippen LogP contribution in [0.15, 0.2) is 0 Å². The van der Waals surface area contributed by atoms with Crippen LogP contribution >= 0.6 is 0 Å². The summed E-state index contributed by atoms with van der Waals surface area (Å²) in [6.45, 7) is 13.0. The maximum Gasteiger partial charge on any atom is 0.00360 e. The maximum atomic E-state index is 3.43. The topological polar surface area (TPSA) is 15.3 Å². The Morgan fingerprint density at radius 2 is 1.69 bits per heavy atom. The molecule has 13 heavy (non-hydrogen) atoms. The van der Waals surface area contributed by atoms with Crippen molar-refractivity contribution in [2.75, 3.05) is 32.7 Å². The van der Waals surface area contributed by atoms with Gasteiger partial charge in [0.25, 0.3) is 0 Å². The smallest absolute Gasteiger partial charge is 0.00360 e. The van der Waals surface area contributed by atoms with Crippen LogP contribution in [0.1, 0.15) is 33.6 Å². The van der Waals surface area contributed by atoms with Gasteiger partial charge >= 0.3 is 0 Å². The van der Waals surface area contributed by atoms with Gasteiger partial charge < -0.3 is 10.2 Å². The molecule has 1 aliphatic heterocycles. The first-order chi connectivity index (χ1) is 6.20. The van der Waals surface area contributed by atoms with Crippen molar-refractivity contribution in [1.29, 1.82) is 0 Å². The first-order valence-electron chi connectivity index (χ1n) is 5.63. The predicted octanol–water partition coefficient (Wildman–Crippen LogP) is 1.72. The molecule has 0 aromatic rings. The molecule has 0 aromatic carbocycles. The second-order valence-corrected chi connectivity index (χ2v) is 4.52. The van der Waals surface area contributed by atoms with Crippen LogP contribution in [0.25, 0.3) is 0 Å². The zero-order valence-electron chi connectivity index (χ0n) is 9.40. The van der Waals surface area contributed by atoms with Gasteiger partial charge in [-0.15, -0.1) is 0 Å². The van der Waals surface area contributed by atoms with Gasteiger partial charge in [-0.3, -0.25) is 0 Å². The molecule has 2 nitrogen and oxygen atoms in total. The summed E-state index contributed by atoms with van der Waals surface area (Å²) in [7, 11) is 0. The molecule has 1 N–H and O–H groups in total.